The van der Waals surface area contributed by atoms with Crippen LogP contribution in [-0.2, 0) is 14.8 Å². The third kappa shape index (κ3) is 5.01. The van der Waals surface area contributed by atoms with Crippen molar-refractivity contribution in [3.05, 3.63) is 30.1 Å². The fourth-order valence-electron chi connectivity index (χ4n) is 2.90. The molecule has 0 atom stereocenters. The molecular formula is C17H25FN2O3S. The van der Waals surface area contributed by atoms with Crippen LogP contribution in [0, 0.1) is 11.7 Å². The number of hydrogen-bond donors (Lipinski definition) is 1. The van der Waals surface area contributed by atoms with Gasteiger partial charge in [0.15, 0.2) is 0 Å². The molecule has 2 rings (SSSR count). The summed E-state index contributed by atoms with van der Waals surface area (Å²) in [5, 5.41) is 2.85. The average molecular weight is 356 g/mol. The summed E-state index contributed by atoms with van der Waals surface area (Å²) in [5.41, 5.74) is 0. The molecule has 24 heavy (non-hydrogen) atoms. The lowest BCUT2D eigenvalue weighted by atomic mass is 9.93. The van der Waals surface area contributed by atoms with Crippen molar-refractivity contribution in [1.82, 2.24) is 9.62 Å². The van der Waals surface area contributed by atoms with E-state index in [2.05, 4.69) is 5.32 Å². The number of sulfonamides is 1. The molecule has 0 spiro atoms. The number of nitrogens with zero attached hydrogens (tertiary/aromatic N) is 1. The number of nitrogens with one attached hydrogen (secondary N) is 1. The van der Waals surface area contributed by atoms with Crippen molar-refractivity contribution in [2.75, 3.05) is 19.6 Å². The molecule has 1 aromatic rings. The molecule has 5 nitrogen and oxygen atoms in total. The normalized spacial score (nSPS) is 16.9. The Kier molecular flexibility index (Phi) is 6.74. The molecule has 1 saturated heterocycles. The van der Waals surface area contributed by atoms with Crippen LogP contribution in [-0.4, -0.2) is 38.3 Å². The van der Waals surface area contributed by atoms with Crippen LogP contribution in [0.4, 0.5) is 4.39 Å². The largest absolute Gasteiger partial charge is 0.356 e. The van der Waals surface area contributed by atoms with Gasteiger partial charge in [0, 0.05) is 26.1 Å². The van der Waals surface area contributed by atoms with Crippen LogP contribution >= 0.6 is 0 Å². The molecule has 1 N–H and O–H groups in total. The van der Waals surface area contributed by atoms with E-state index >= 15 is 0 Å². The number of amides is 1. The first-order valence-electron chi connectivity index (χ1n) is 8.46. The van der Waals surface area contributed by atoms with Crippen molar-refractivity contribution in [3.8, 4) is 0 Å². The Balaban J connectivity index is 1.85. The molecule has 0 radical (unpaired) electrons. The Labute approximate surface area is 143 Å². The second-order valence-corrected chi connectivity index (χ2v) is 8.13. The number of carbonyl (C=O) groups excluding carboxylic acids is 1. The summed E-state index contributed by atoms with van der Waals surface area (Å²) in [6.07, 6.45) is 3.65. The fourth-order valence-corrected chi connectivity index (χ4v) is 4.40. The van der Waals surface area contributed by atoms with E-state index in [0.29, 0.717) is 32.0 Å². The summed E-state index contributed by atoms with van der Waals surface area (Å²) in [6.45, 7) is 3.54. The van der Waals surface area contributed by atoms with E-state index in [9.17, 15) is 17.6 Å². The zero-order valence-corrected chi connectivity index (χ0v) is 14.8. The molecule has 1 aliphatic heterocycles. The smallest absolute Gasteiger partial charge is 0.243 e. The number of halogens is 1. The highest BCUT2D eigenvalue weighted by Gasteiger charge is 2.29. The predicted octanol–water partition coefficient (Wildman–Crippen LogP) is 2.53. The summed E-state index contributed by atoms with van der Waals surface area (Å²) in [6, 6.07) is 5.11. The molecule has 1 fully saturated rings. The molecule has 1 aromatic carbocycles. The van der Waals surface area contributed by atoms with Crippen molar-refractivity contribution in [2.24, 2.45) is 5.92 Å². The Morgan fingerprint density at radius 3 is 2.67 bits per heavy atom. The first-order chi connectivity index (χ1) is 11.4. The second kappa shape index (κ2) is 8.58. The molecule has 1 heterocycles. The van der Waals surface area contributed by atoms with E-state index in [1.165, 1.54) is 22.5 Å². The van der Waals surface area contributed by atoms with Crippen molar-refractivity contribution in [3.63, 3.8) is 0 Å². The zero-order chi connectivity index (χ0) is 17.6. The second-order valence-electron chi connectivity index (χ2n) is 6.19. The van der Waals surface area contributed by atoms with E-state index in [1.807, 2.05) is 6.92 Å². The zero-order valence-electron chi connectivity index (χ0n) is 14.0. The Morgan fingerprint density at radius 2 is 2.04 bits per heavy atom. The maximum Gasteiger partial charge on any atom is 0.243 e. The maximum atomic E-state index is 13.3. The molecular weight excluding hydrogens is 331 g/mol. The van der Waals surface area contributed by atoms with Gasteiger partial charge in [-0.25, -0.2) is 12.8 Å². The quantitative estimate of drug-likeness (QED) is 0.816. The van der Waals surface area contributed by atoms with E-state index < -0.39 is 15.8 Å². The van der Waals surface area contributed by atoms with Gasteiger partial charge in [0.05, 0.1) is 4.90 Å². The number of rotatable bonds is 7. The Morgan fingerprint density at radius 1 is 1.33 bits per heavy atom. The first-order valence-corrected chi connectivity index (χ1v) is 9.90. The molecule has 0 aromatic heterocycles. The van der Waals surface area contributed by atoms with Crippen LogP contribution in [0.15, 0.2) is 29.2 Å². The minimum Gasteiger partial charge on any atom is -0.356 e. The van der Waals surface area contributed by atoms with Gasteiger partial charge >= 0.3 is 0 Å². The van der Waals surface area contributed by atoms with Crippen molar-refractivity contribution >= 4 is 15.9 Å². The predicted molar refractivity (Wildman–Crippen MR) is 90.4 cm³/mol. The summed E-state index contributed by atoms with van der Waals surface area (Å²) < 4.78 is 39.7. The molecule has 7 heteroatoms. The van der Waals surface area contributed by atoms with Gasteiger partial charge in [0.1, 0.15) is 5.82 Å². The molecule has 1 amide bonds. The van der Waals surface area contributed by atoms with Crippen LogP contribution in [0.1, 0.15) is 39.0 Å². The molecule has 0 saturated carbocycles. The number of piperidine rings is 1. The van der Waals surface area contributed by atoms with E-state index in [-0.39, 0.29) is 10.8 Å². The Bertz CT molecular complexity index is 656. The Hall–Kier alpha value is -1.47. The highest BCUT2D eigenvalue weighted by Crippen LogP contribution is 2.26. The van der Waals surface area contributed by atoms with Gasteiger partial charge in [-0.3, -0.25) is 4.79 Å². The summed E-state index contributed by atoms with van der Waals surface area (Å²) in [5.74, 6) is -0.132. The first kappa shape index (κ1) is 18.9. The van der Waals surface area contributed by atoms with Gasteiger partial charge in [-0.2, -0.15) is 4.31 Å². The van der Waals surface area contributed by atoms with Crippen molar-refractivity contribution < 1.29 is 17.6 Å². The van der Waals surface area contributed by atoms with Crippen molar-refractivity contribution in [2.45, 2.75) is 43.9 Å². The van der Waals surface area contributed by atoms with E-state index in [4.69, 9.17) is 0 Å². The summed E-state index contributed by atoms with van der Waals surface area (Å²) in [7, 11) is -3.64. The summed E-state index contributed by atoms with van der Waals surface area (Å²) in [4.78, 5) is 11.6. The van der Waals surface area contributed by atoms with Gasteiger partial charge < -0.3 is 5.32 Å². The molecule has 134 valence electrons. The third-order valence-corrected chi connectivity index (χ3v) is 6.25. The van der Waals surface area contributed by atoms with Gasteiger partial charge in [0.2, 0.25) is 15.9 Å². The highest BCUT2D eigenvalue weighted by molar-refractivity contribution is 7.89. The van der Waals surface area contributed by atoms with Crippen LogP contribution in [0.25, 0.3) is 0 Å². The molecule has 0 aliphatic carbocycles. The average Bonchev–Trinajstić information content (AvgIpc) is 2.58. The number of hydrogen-bond acceptors (Lipinski definition) is 3. The standard InChI is InChI=1S/C17H25FN2O3S/c1-2-10-19-17(21)7-6-14-8-11-20(12-9-14)24(22,23)16-5-3-4-15(18)13-16/h3-5,13-14H,2,6-12H2,1H3,(H,19,21). The topological polar surface area (TPSA) is 66.5 Å². The van der Waals surface area contributed by atoms with Crippen LogP contribution in [0.3, 0.4) is 0 Å². The van der Waals surface area contributed by atoms with Crippen LogP contribution in [0.5, 0.6) is 0 Å². The van der Waals surface area contributed by atoms with Crippen molar-refractivity contribution in [1.29, 1.82) is 0 Å². The lowest BCUT2D eigenvalue weighted by Crippen LogP contribution is -2.38. The highest BCUT2D eigenvalue weighted by atomic mass is 32.2. The minimum absolute atomic E-state index is 0.0000987. The molecule has 1 aliphatic rings. The lowest BCUT2D eigenvalue weighted by Gasteiger charge is -2.31. The van der Waals surface area contributed by atoms with Crippen LogP contribution < -0.4 is 5.32 Å². The maximum absolute atomic E-state index is 13.3. The minimum atomic E-state index is -3.64. The van der Waals surface area contributed by atoms with Gasteiger partial charge in [0.25, 0.3) is 0 Å². The van der Waals surface area contributed by atoms with Crippen LogP contribution in [0.2, 0.25) is 0 Å². The molecule has 0 unspecified atom stereocenters. The number of benzene rings is 1. The van der Waals surface area contributed by atoms with E-state index in [0.717, 1.165) is 31.7 Å². The third-order valence-electron chi connectivity index (χ3n) is 4.36. The summed E-state index contributed by atoms with van der Waals surface area (Å²) >= 11 is 0. The van der Waals surface area contributed by atoms with Gasteiger partial charge in [-0.15, -0.1) is 0 Å². The molecule has 0 bridgehead atoms. The van der Waals surface area contributed by atoms with E-state index in [1.54, 1.807) is 0 Å². The van der Waals surface area contributed by atoms with Gasteiger partial charge in [-0.1, -0.05) is 13.0 Å². The monoisotopic (exact) mass is 356 g/mol. The van der Waals surface area contributed by atoms with Gasteiger partial charge in [-0.05, 0) is 49.8 Å². The number of carbonyl (C=O) groups is 1. The lowest BCUT2D eigenvalue weighted by molar-refractivity contribution is -0.121. The fraction of sp³-hybridized carbons (Fsp3) is 0.588. The SMILES string of the molecule is CCCNC(=O)CCC1CCN(S(=O)(=O)c2cccc(F)c2)CC1.